The fourth-order valence-electron chi connectivity index (χ4n) is 2.79. The number of hydrogen-bond donors (Lipinski definition) is 1. The molecule has 0 aliphatic heterocycles. The van der Waals surface area contributed by atoms with Gasteiger partial charge in [0.05, 0.1) is 0 Å². The molecule has 2 aromatic rings. The van der Waals surface area contributed by atoms with E-state index in [9.17, 15) is 9.50 Å². The highest BCUT2D eigenvalue weighted by atomic mass is 35.5. The molecule has 1 aliphatic carbocycles. The largest absolute Gasteiger partial charge is 0.380 e. The zero-order valence-corrected chi connectivity index (χ0v) is 11.3. The van der Waals surface area contributed by atoms with Crippen LogP contribution in [0.1, 0.15) is 28.7 Å². The summed E-state index contributed by atoms with van der Waals surface area (Å²) >= 11 is 6.13. The molecule has 0 spiro atoms. The van der Waals surface area contributed by atoms with E-state index >= 15 is 0 Å². The van der Waals surface area contributed by atoms with Crippen molar-refractivity contribution in [1.82, 2.24) is 0 Å². The third kappa shape index (κ3) is 1.87. The Balaban J connectivity index is 2.16. The first-order chi connectivity index (χ1) is 9.02. The summed E-state index contributed by atoms with van der Waals surface area (Å²) in [4.78, 5) is 0. The maximum absolute atomic E-state index is 13.8. The third-order valence-electron chi connectivity index (χ3n) is 3.95. The number of aliphatic hydroxyl groups is 1. The molecule has 0 radical (unpaired) electrons. The topological polar surface area (TPSA) is 20.2 Å². The van der Waals surface area contributed by atoms with Gasteiger partial charge in [0.25, 0.3) is 0 Å². The summed E-state index contributed by atoms with van der Waals surface area (Å²) in [5.74, 6) is -0.244. The molecule has 0 fully saturated rings. The van der Waals surface area contributed by atoms with Gasteiger partial charge in [-0.05, 0) is 54.2 Å². The van der Waals surface area contributed by atoms with E-state index in [1.165, 1.54) is 6.07 Å². The zero-order valence-electron chi connectivity index (χ0n) is 10.6. The van der Waals surface area contributed by atoms with Crippen molar-refractivity contribution >= 4 is 11.6 Å². The van der Waals surface area contributed by atoms with Gasteiger partial charge in [0.15, 0.2) is 0 Å². The monoisotopic (exact) mass is 276 g/mol. The number of hydrogen-bond acceptors (Lipinski definition) is 1. The Morgan fingerprint density at radius 1 is 1.26 bits per heavy atom. The molecule has 98 valence electrons. The average molecular weight is 277 g/mol. The fraction of sp³-hybridized carbons (Fsp3) is 0.250. The summed E-state index contributed by atoms with van der Waals surface area (Å²) in [5.41, 5.74) is 1.84. The van der Waals surface area contributed by atoms with Gasteiger partial charge in [-0.2, -0.15) is 0 Å². The van der Waals surface area contributed by atoms with Crippen LogP contribution in [0.4, 0.5) is 4.39 Å². The minimum absolute atomic E-state index is 0.244. The van der Waals surface area contributed by atoms with Gasteiger partial charge in [0.1, 0.15) is 11.4 Å². The highest BCUT2D eigenvalue weighted by molar-refractivity contribution is 6.31. The molecule has 1 nitrogen and oxygen atoms in total. The summed E-state index contributed by atoms with van der Waals surface area (Å²) in [7, 11) is 0. The van der Waals surface area contributed by atoms with Crippen molar-refractivity contribution < 1.29 is 9.50 Å². The first-order valence-electron chi connectivity index (χ1n) is 6.29. The van der Waals surface area contributed by atoms with E-state index in [1.54, 1.807) is 18.2 Å². The van der Waals surface area contributed by atoms with Crippen LogP contribution in [0.25, 0.3) is 0 Å². The summed E-state index contributed by atoms with van der Waals surface area (Å²) in [6.07, 6.45) is 1.03. The maximum Gasteiger partial charge on any atom is 0.126 e. The standard InChI is InChI=1S/C16H14ClFO/c1-10-5-6-11(9-14(10)17)16(19)8-7-12-13(16)3-2-4-15(12)18/h2-6,9,19H,7-8H2,1H3. The molecule has 0 heterocycles. The molecule has 1 unspecified atom stereocenters. The van der Waals surface area contributed by atoms with Crippen LogP contribution in [-0.2, 0) is 12.0 Å². The maximum atomic E-state index is 13.8. The van der Waals surface area contributed by atoms with Crippen LogP contribution >= 0.6 is 11.6 Å². The number of fused-ring (bicyclic) bond motifs is 1. The molecule has 1 aliphatic rings. The Morgan fingerprint density at radius 3 is 2.79 bits per heavy atom. The van der Waals surface area contributed by atoms with Gasteiger partial charge in [-0.25, -0.2) is 4.39 Å². The van der Waals surface area contributed by atoms with E-state index in [2.05, 4.69) is 0 Å². The molecule has 19 heavy (non-hydrogen) atoms. The molecule has 0 aromatic heterocycles. The van der Waals surface area contributed by atoms with E-state index in [-0.39, 0.29) is 5.82 Å². The van der Waals surface area contributed by atoms with E-state index in [0.29, 0.717) is 29.0 Å². The highest BCUT2D eigenvalue weighted by Crippen LogP contribution is 2.43. The van der Waals surface area contributed by atoms with Crippen molar-refractivity contribution in [2.45, 2.75) is 25.4 Å². The fourth-order valence-corrected chi connectivity index (χ4v) is 2.97. The minimum atomic E-state index is -1.13. The molecular formula is C16H14ClFO. The summed E-state index contributed by atoms with van der Waals surface area (Å²) in [6.45, 7) is 1.92. The summed E-state index contributed by atoms with van der Waals surface area (Å²) in [5, 5.41) is 11.6. The smallest absolute Gasteiger partial charge is 0.126 e. The van der Waals surface area contributed by atoms with Crippen LogP contribution in [-0.4, -0.2) is 5.11 Å². The molecular weight excluding hydrogens is 263 g/mol. The molecule has 0 amide bonds. The van der Waals surface area contributed by atoms with E-state index in [1.807, 2.05) is 19.1 Å². The first kappa shape index (κ1) is 12.6. The lowest BCUT2D eigenvalue weighted by molar-refractivity contribution is 0.0829. The summed E-state index contributed by atoms with van der Waals surface area (Å²) in [6, 6.07) is 10.4. The van der Waals surface area contributed by atoms with Gasteiger partial charge in [0.2, 0.25) is 0 Å². The predicted molar refractivity (Wildman–Crippen MR) is 73.9 cm³/mol. The van der Waals surface area contributed by atoms with Crippen LogP contribution in [0.3, 0.4) is 0 Å². The Labute approximate surface area is 116 Å². The third-order valence-corrected chi connectivity index (χ3v) is 4.36. The van der Waals surface area contributed by atoms with Gasteiger partial charge in [-0.1, -0.05) is 35.9 Å². The SMILES string of the molecule is Cc1ccc(C2(O)CCc3c(F)cccc32)cc1Cl. The number of halogens is 2. The lowest BCUT2D eigenvalue weighted by Crippen LogP contribution is -2.23. The second-order valence-corrected chi connectivity index (χ2v) is 5.50. The Hall–Kier alpha value is -1.38. The zero-order chi connectivity index (χ0) is 13.6. The first-order valence-corrected chi connectivity index (χ1v) is 6.67. The number of benzene rings is 2. The number of rotatable bonds is 1. The second kappa shape index (κ2) is 4.32. The lowest BCUT2D eigenvalue weighted by atomic mass is 9.87. The Bertz CT molecular complexity index is 653. The van der Waals surface area contributed by atoms with Crippen LogP contribution < -0.4 is 0 Å². The summed E-state index contributed by atoms with van der Waals surface area (Å²) < 4.78 is 13.8. The molecule has 0 bridgehead atoms. The van der Waals surface area contributed by atoms with Gasteiger partial charge < -0.3 is 5.11 Å². The minimum Gasteiger partial charge on any atom is -0.380 e. The van der Waals surface area contributed by atoms with Crippen LogP contribution in [0.2, 0.25) is 5.02 Å². The quantitative estimate of drug-likeness (QED) is 0.836. The normalized spacial score (nSPS) is 21.5. The van der Waals surface area contributed by atoms with Crippen molar-refractivity contribution in [2.75, 3.05) is 0 Å². The molecule has 0 saturated carbocycles. The van der Waals surface area contributed by atoms with E-state index < -0.39 is 5.60 Å². The predicted octanol–water partition coefficient (Wildman–Crippen LogP) is 3.97. The molecule has 0 saturated heterocycles. The lowest BCUT2D eigenvalue weighted by Gasteiger charge is -2.25. The Morgan fingerprint density at radius 2 is 2.05 bits per heavy atom. The van der Waals surface area contributed by atoms with Crippen LogP contribution in [0.15, 0.2) is 36.4 Å². The van der Waals surface area contributed by atoms with E-state index in [0.717, 1.165) is 11.1 Å². The van der Waals surface area contributed by atoms with Crippen molar-refractivity contribution in [3.05, 3.63) is 69.5 Å². The van der Waals surface area contributed by atoms with Crippen molar-refractivity contribution in [2.24, 2.45) is 0 Å². The van der Waals surface area contributed by atoms with Crippen molar-refractivity contribution in [3.63, 3.8) is 0 Å². The van der Waals surface area contributed by atoms with E-state index in [4.69, 9.17) is 11.6 Å². The molecule has 1 N–H and O–H groups in total. The van der Waals surface area contributed by atoms with Crippen molar-refractivity contribution in [1.29, 1.82) is 0 Å². The second-order valence-electron chi connectivity index (χ2n) is 5.09. The van der Waals surface area contributed by atoms with Gasteiger partial charge in [-0.15, -0.1) is 0 Å². The van der Waals surface area contributed by atoms with Gasteiger partial charge >= 0.3 is 0 Å². The van der Waals surface area contributed by atoms with Gasteiger partial charge in [0, 0.05) is 5.02 Å². The molecule has 1 atom stereocenters. The highest BCUT2D eigenvalue weighted by Gasteiger charge is 2.39. The van der Waals surface area contributed by atoms with Crippen molar-refractivity contribution in [3.8, 4) is 0 Å². The molecule has 3 rings (SSSR count). The van der Waals surface area contributed by atoms with Crippen LogP contribution in [0, 0.1) is 12.7 Å². The average Bonchev–Trinajstić information content (AvgIpc) is 2.74. The number of aryl methyl sites for hydroxylation is 1. The van der Waals surface area contributed by atoms with Gasteiger partial charge in [-0.3, -0.25) is 0 Å². The molecule has 2 aromatic carbocycles. The molecule has 3 heteroatoms. The Kier molecular flexibility index (Phi) is 2.88. The van der Waals surface area contributed by atoms with Crippen LogP contribution in [0.5, 0.6) is 0 Å².